The summed E-state index contributed by atoms with van der Waals surface area (Å²) in [7, 11) is 0. The molecule has 5 nitrogen and oxygen atoms in total. The number of hydrogen-bond acceptors (Lipinski definition) is 5. The zero-order valence-corrected chi connectivity index (χ0v) is 12.9. The fourth-order valence-electron chi connectivity index (χ4n) is 1.14. The normalized spacial score (nSPS) is 13.2. The first-order valence-corrected chi connectivity index (χ1v) is 6.92. The molecule has 0 aromatic heterocycles. The molecule has 0 saturated heterocycles. The van der Waals surface area contributed by atoms with Crippen LogP contribution in [0.1, 0.15) is 0 Å². The lowest BCUT2D eigenvalue weighted by molar-refractivity contribution is -0.303. The zero-order chi connectivity index (χ0) is 19.3. The Morgan fingerprint density at radius 1 is 0.480 bits per heavy atom. The molecular weight excluding hydrogens is 376 g/mol. The van der Waals surface area contributed by atoms with Gasteiger partial charge in [-0.3, -0.25) is 0 Å². The van der Waals surface area contributed by atoms with Crippen LogP contribution in [0.4, 0.5) is 35.1 Å². The summed E-state index contributed by atoms with van der Waals surface area (Å²) in [6, 6.07) is 0. The summed E-state index contributed by atoms with van der Waals surface area (Å²) in [5.41, 5.74) is 0. The van der Waals surface area contributed by atoms with Crippen molar-refractivity contribution in [2.75, 3.05) is 52.9 Å². The molecule has 0 unspecified atom stereocenters. The van der Waals surface area contributed by atoms with Gasteiger partial charge in [0, 0.05) is 0 Å². The third-order valence-electron chi connectivity index (χ3n) is 2.30. The fourth-order valence-corrected chi connectivity index (χ4v) is 1.14. The standard InChI is InChI=1S/C12H18F8O5/c13-9(14)11(17,18)24-7-5-22-3-1-21-2-4-23-6-8-25-12(19,20)10(15)16/h9-10H,1-8H2. The molecule has 0 aromatic rings. The second-order valence-electron chi connectivity index (χ2n) is 4.26. The van der Waals surface area contributed by atoms with Gasteiger partial charge in [0.15, 0.2) is 0 Å². The van der Waals surface area contributed by atoms with Crippen molar-refractivity contribution in [3.8, 4) is 0 Å². The smallest absolute Gasteiger partial charge is 0.377 e. The highest BCUT2D eigenvalue weighted by Crippen LogP contribution is 2.24. The van der Waals surface area contributed by atoms with E-state index in [2.05, 4.69) is 9.47 Å². The first-order chi connectivity index (χ1) is 11.6. The van der Waals surface area contributed by atoms with Gasteiger partial charge in [0.05, 0.1) is 52.9 Å². The second kappa shape index (κ2) is 12.6. The van der Waals surface area contributed by atoms with Crippen molar-refractivity contribution >= 4 is 0 Å². The molecule has 0 aliphatic rings. The minimum Gasteiger partial charge on any atom is -0.377 e. The molecular formula is C12H18F8O5. The van der Waals surface area contributed by atoms with Crippen molar-refractivity contribution in [2.24, 2.45) is 0 Å². The van der Waals surface area contributed by atoms with Crippen LogP contribution in [-0.4, -0.2) is 77.9 Å². The van der Waals surface area contributed by atoms with E-state index in [4.69, 9.17) is 14.2 Å². The Balaban J connectivity index is 3.32. The summed E-state index contributed by atoms with van der Waals surface area (Å²) in [6.45, 7) is -2.19. The SMILES string of the molecule is FC(F)C(F)(F)OCCOCCOCCOCCOC(F)(F)C(F)F. The van der Waals surface area contributed by atoms with Crippen LogP contribution in [0.2, 0.25) is 0 Å². The maximum Gasteiger partial charge on any atom is 0.416 e. The van der Waals surface area contributed by atoms with Crippen LogP contribution in [0.15, 0.2) is 0 Å². The highest BCUT2D eigenvalue weighted by Gasteiger charge is 2.42. The lowest BCUT2D eigenvalue weighted by Gasteiger charge is -2.15. The highest BCUT2D eigenvalue weighted by molar-refractivity contribution is 4.55. The van der Waals surface area contributed by atoms with Crippen molar-refractivity contribution < 1.29 is 58.8 Å². The van der Waals surface area contributed by atoms with Gasteiger partial charge in [0.2, 0.25) is 0 Å². The van der Waals surface area contributed by atoms with Crippen LogP contribution in [0.5, 0.6) is 0 Å². The Kier molecular flexibility index (Phi) is 12.2. The number of ether oxygens (including phenoxy) is 5. The zero-order valence-electron chi connectivity index (χ0n) is 12.9. The minimum atomic E-state index is -4.53. The van der Waals surface area contributed by atoms with Gasteiger partial charge in [0.25, 0.3) is 0 Å². The highest BCUT2D eigenvalue weighted by atomic mass is 19.3. The van der Waals surface area contributed by atoms with E-state index < -0.39 is 38.3 Å². The van der Waals surface area contributed by atoms with Gasteiger partial charge < -0.3 is 23.7 Å². The van der Waals surface area contributed by atoms with E-state index in [0.29, 0.717) is 0 Å². The van der Waals surface area contributed by atoms with E-state index in [1.54, 1.807) is 0 Å². The Labute approximate surface area is 138 Å². The molecule has 0 amide bonds. The van der Waals surface area contributed by atoms with Crippen molar-refractivity contribution in [3.63, 3.8) is 0 Å². The quantitative estimate of drug-likeness (QED) is 0.298. The van der Waals surface area contributed by atoms with Gasteiger partial charge in [-0.1, -0.05) is 0 Å². The number of alkyl halides is 8. The van der Waals surface area contributed by atoms with Crippen molar-refractivity contribution in [2.45, 2.75) is 25.1 Å². The molecule has 0 atom stereocenters. The Morgan fingerprint density at radius 3 is 0.960 bits per heavy atom. The van der Waals surface area contributed by atoms with Gasteiger partial charge >= 0.3 is 25.1 Å². The van der Waals surface area contributed by atoms with Crippen molar-refractivity contribution in [1.29, 1.82) is 0 Å². The van der Waals surface area contributed by atoms with Gasteiger partial charge in [0.1, 0.15) is 0 Å². The molecule has 152 valence electrons. The molecule has 13 heteroatoms. The fraction of sp³-hybridized carbons (Fsp3) is 1.00. The van der Waals surface area contributed by atoms with Gasteiger partial charge in [-0.05, 0) is 0 Å². The van der Waals surface area contributed by atoms with Crippen molar-refractivity contribution in [3.05, 3.63) is 0 Å². The number of hydrogen-bond donors (Lipinski definition) is 0. The van der Waals surface area contributed by atoms with Crippen LogP contribution in [0, 0.1) is 0 Å². The Bertz CT molecular complexity index is 303. The Morgan fingerprint density at radius 2 is 0.720 bits per heavy atom. The van der Waals surface area contributed by atoms with Crippen LogP contribution >= 0.6 is 0 Å². The van der Waals surface area contributed by atoms with Crippen LogP contribution in [-0.2, 0) is 23.7 Å². The molecule has 0 heterocycles. The van der Waals surface area contributed by atoms with E-state index in [1.807, 2.05) is 0 Å². The van der Waals surface area contributed by atoms with E-state index in [-0.39, 0.29) is 39.6 Å². The van der Waals surface area contributed by atoms with Gasteiger partial charge in [-0.25, -0.2) is 17.6 Å². The van der Waals surface area contributed by atoms with Crippen LogP contribution < -0.4 is 0 Å². The summed E-state index contributed by atoms with van der Waals surface area (Å²) < 4.78 is 118. The average Bonchev–Trinajstić information content (AvgIpc) is 2.51. The maximum absolute atomic E-state index is 12.3. The molecule has 25 heavy (non-hydrogen) atoms. The van der Waals surface area contributed by atoms with E-state index in [0.717, 1.165) is 0 Å². The molecule has 0 rings (SSSR count). The first kappa shape index (κ1) is 24.2. The van der Waals surface area contributed by atoms with Crippen LogP contribution in [0.3, 0.4) is 0 Å². The molecule has 0 radical (unpaired) electrons. The molecule has 0 bridgehead atoms. The summed E-state index contributed by atoms with van der Waals surface area (Å²) >= 11 is 0. The second-order valence-corrected chi connectivity index (χ2v) is 4.26. The van der Waals surface area contributed by atoms with Gasteiger partial charge in [-0.15, -0.1) is 0 Å². The lowest BCUT2D eigenvalue weighted by Crippen LogP contribution is -2.31. The predicted octanol–water partition coefficient (Wildman–Crippen LogP) is 2.79. The van der Waals surface area contributed by atoms with E-state index >= 15 is 0 Å². The van der Waals surface area contributed by atoms with Crippen LogP contribution in [0.25, 0.3) is 0 Å². The minimum absolute atomic E-state index is 0.0224. The van der Waals surface area contributed by atoms with Crippen molar-refractivity contribution in [1.82, 2.24) is 0 Å². The molecule has 0 N–H and O–H groups in total. The molecule has 0 aliphatic carbocycles. The van der Waals surface area contributed by atoms with E-state index in [9.17, 15) is 35.1 Å². The average molecular weight is 394 g/mol. The Hall–Kier alpha value is -0.760. The lowest BCUT2D eigenvalue weighted by atomic mass is 10.6. The summed E-state index contributed by atoms with van der Waals surface area (Å²) in [5.74, 6) is 0. The van der Waals surface area contributed by atoms with E-state index in [1.165, 1.54) is 0 Å². The predicted molar refractivity (Wildman–Crippen MR) is 66.3 cm³/mol. The molecule has 0 spiro atoms. The van der Waals surface area contributed by atoms with Gasteiger partial charge in [-0.2, -0.15) is 17.6 Å². The largest absolute Gasteiger partial charge is 0.416 e. The first-order valence-electron chi connectivity index (χ1n) is 6.92. The summed E-state index contributed by atoms with van der Waals surface area (Å²) in [5, 5.41) is 0. The molecule has 0 aromatic carbocycles. The molecule has 0 aliphatic heterocycles. The maximum atomic E-state index is 12.3. The molecule has 0 saturated carbocycles. The topological polar surface area (TPSA) is 46.2 Å². The monoisotopic (exact) mass is 394 g/mol. The third-order valence-corrected chi connectivity index (χ3v) is 2.30. The summed E-state index contributed by atoms with van der Waals surface area (Å²) in [4.78, 5) is 0. The molecule has 0 fully saturated rings. The number of halogens is 8. The third kappa shape index (κ3) is 12.3. The number of rotatable bonds is 16. The summed E-state index contributed by atoms with van der Waals surface area (Å²) in [6.07, 6.45) is -16.9.